The zero-order valence-corrected chi connectivity index (χ0v) is 10.7. The van der Waals surface area contributed by atoms with Crippen molar-refractivity contribution in [3.8, 4) is 11.8 Å². The van der Waals surface area contributed by atoms with Crippen molar-refractivity contribution in [3.63, 3.8) is 0 Å². The first kappa shape index (κ1) is 14.4. The van der Waals surface area contributed by atoms with Crippen molar-refractivity contribution in [1.29, 1.82) is 5.26 Å². The Morgan fingerprint density at radius 2 is 2.00 bits per heavy atom. The minimum atomic E-state index is -0.561. The molecule has 1 aromatic rings. The normalized spacial score (nSPS) is 11.1. The fourth-order valence-corrected chi connectivity index (χ4v) is 1.49. The lowest BCUT2D eigenvalue weighted by atomic mass is 9.89. The van der Waals surface area contributed by atoms with Crippen LogP contribution < -0.4 is 4.74 Å². The Balaban J connectivity index is 2.30. The van der Waals surface area contributed by atoms with Gasteiger partial charge in [-0.15, -0.1) is 0 Å². The topological polar surface area (TPSA) is 33.0 Å². The van der Waals surface area contributed by atoms with Crippen molar-refractivity contribution >= 4 is 0 Å². The van der Waals surface area contributed by atoms with Gasteiger partial charge in [0.25, 0.3) is 0 Å². The molecule has 0 heterocycles. The quantitative estimate of drug-likeness (QED) is 0.716. The van der Waals surface area contributed by atoms with Crippen LogP contribution in [0.5, 0.6) is 5.75 Å². The molecule has 0 fully saturated rings. The molecule has 0 saturated heterocycles. The predicted octanol–water partition coefficient (Wildman–Crippen LogP) is 4.06. The summed E-state index contributed by atoms with van der Waals surface area (Å²) >= 11 is 0. The minimum Gasteiger partial charge on any atom is -0.490 e. The molecule has 0 spiro atoms. The van der Waals surface area contributed by atoms with Crippen LogP contribution in [0.3, 0.4) is 0 Å². The van der Waals surface area contributed by atoms with Gasteiger partial charge in [-0.2, -0.15) is 5.26 Å². The second-order valence-corrected chi connectivity index (χ2v) is 4.88. The molecule has 0 aliphatic carbocycles. The van der Waals surface area contributed by atoms with Gasteiger partial charge in [0.15, 0.2) is 11.6 Å². The maximum Gasteiger partial charge on any atom is 0.165 e. The lowest BCUT2D eigenvalue weighted by Gasteiger charge is -2.14. The molecule has 1 rings (SSSR count). The fourth-order valence-electron chi connectivity index (χ4n) is 1.49. The summed E-state index contributed by atoms with van der Waals surface area (Å²) in [5.74, 6) is -1.14. The molecule has 0 saturated carbocycles. The molecular formula is C14H17F2NO. The molecule has 2 nitrogen and oxygen atoms in total. The van der Waals surface area contributed by atoms with E-state index in [0.29, 0.717) is 13.0 Å². The molecule has 0 aliphatic heterocycles. The van der Waals surface area contributed by atoms with E-state index in [4.69, 9.17) is 10.00 Å². The average molecular weight is 253 g/mol. The number of hydrogen-bond donors (Lipinski definition) is 0. The van der Waals surface area contributed by atoms with E-state index in [1.165, 1.54) is 0 Å². The maximum absolute atomic E-state index is 13.2. The van der Waals surface area contributed by atoms with E-state index in [-0.39, 0.29) is 11.2 Å². The third-order valence-electron chi connectivity index (χ3n) is 2.65. The Morgan fingerprint density at radius 1 is 1.28 bits per heavy atom. The van der Waals surface area contributed by atoms with Gasteiger partial charge in [-0.3, -0.25) is 0 Å². The van der Waals surface area contributed by atoms with Crippen molar-refractivity contribution < 1.29 is 13.5 Å². The van der Waals surface area contributed by atoms with Gasteiger partial charge in [-0.05, 0) is 45.2 Å². The lowest BCUT2D eigenvalue weighted by molar-refractivity contribution is 0.281. The Bertz CT molecular complexity index is 438. The summed E-state index contributed by atoms with van der Waals surface area (Å²) in [6.07, 6.45) is 2.29. The van der Waals surface area contributed by atoms with Crippen LogP contribution in [0.15, 0.2) is 18.2 Å². The highest BCUT2D eigenvalue weighted by Crippen LogP contribution is 2.22. The van der Waals surface area contributed by atoms with Crippen LogP contribution in [-0.4, -0.2) is 6.61 Å². The molecule has 1 aromatic carbocycles. The monoisotopic (exact) mass is 253 g/mol. The number of nitriles is 1. The summed E-state index contributed by atoms with van der Waals surface area (Å²) in [5.41, 5.74) is -0.343. The Hall–Kier alpha value is -1.63. The zero-order chi connectivity index (χ0) is 13.6. The summed E-state index contributed by atoms with van der Waals surface area (Å²) in [6, 6.07) is 5.35. The van der Waals surface area contributed by atoms with E-state index >= 15 is 0 Å². The standard InChI is InChI=1S/C14H17F2NO/c1-14(2,10-17)7-3-4-8-18-13-9-11(15)5-6-12(13)16/h5-6,9H,3-4,7-8H2,1-2H3. The highest BCUT2D eigenvalue weighted by molar-refractivity contribution is 5.24. The van der Waals surface area contributed by atoms with Crippen LogP contribution >= 0.6 is 0 Å². The van der Waals surface area contributed by atoms with Crippen LogP contribution in [-0.2, 0) is 0 Å². The molecule has 0 amide bonds. The highest BCUT2D eigenvalue weighted by Gasteiger charge is 2.15. The molecular weight excluding hydrogens is 236 g/mol. The van der Waals surface area contributed by atoms with Gasteiger partial charge in [0.05, 0.1) is 18.1 Å². The third kappa shape index (κ3) is 4.70. The van der Waals surface area contributed by atoms with Crippen molar-refractivity contribution in [2.24, 2.45) is 5.41 Å². The van der Waals surface area contributed by atoms with Gasteiger partial charge in [0.1, 0.15) is 5.82 Å². The molecule has 4 heteroatoms. The fraction of sp³-hybridized carbons (Fsp3) is 0.500. The van der Waals surface area contributed by atoms with E-state index in [0.717, 1.165) is 31.0 Å². The Kier molecular flexibility index (Phi) is 5.08. The number of unbranched alkanes of at least 4 members (excludes halogenated alkanes) is 1. The van der Waals surface area contributed by atoms with Crippen molar-refractivity contribution in [2.45, 2.75) is 33.1 Å². The van der Waals surface area contributed by atoms with Crippen LogP contribution in [0.4, 0.5) is 8.78 Å². The number of hydrogen-bond acceptors (Lipinski definition) is 2. The number of ether oxygens (including phenoxy) is 1. The van der Waals surface area contributed by atoms with Crippen molar-refractivity contribution in [2.75, 3.05) is 6.61 Å². The number of benzene rings is 1. The Morgan fingerprint density at radius 3 is 2.67 bits per heavy atom. The summed E-state index contributed by atoms with van der Waals surface area (Å²) in [5, 5.41) is 8.82. The second-order valence-electron chi connectivity index (χ2n) is 4.88. The first-order valence-corrected chi connectivity index (χ1v) is 5.94. The molecule has 0 radical (unpaired) electrons. The van der Waals surface area contributed by atoms with Crippen LogP contribution in [0.25, 0.3) is 0 Å². The molecule has 0 aliphatic rings. The smallest absolute Gasteiger partial charge is 0.165 e. The largest absolute Gasteiger partial charge is 0.490 e. The summed E-state index contributed by atoms with van der Waals surface area (Å²) in [4.78, 5) is 0. The molecule has 18 heavy (non-hydrogen) atoms. The van der Waals surface area contributed by atoms with Crippen LogP contribution in [0.1, 0.15) is 33.1 Å². The van der Waals surface area contributed by atoms with Gasteiger partial charge in [-0.1, -0.05) is 0 Å². The first-order valence-electron chi connectivity index (χ1n) is 5.94. The van der Waals surface area contributed by atoms with Gasteiger partial charge in [0.2, 0.25) is 0 Å². The summed E-state index contributed by atoms with van der Waals surface area (Å²) in [6.45, 7) is 4.07. The average Bonchev–Trinajstić information content (AvgIpc) is 2.33. The number of nitrogens with zero attached hydrogens (tertiary/aromatic N) is 1. The molecule has 0 atom stereocenters. The predicted molar refractivity (Wildman–Crippen MR) is 65.1 cm³/mol. The molecule has 0 aromatic heterocycles. The molecule has 0 N–H and O–H groups in total. The maximum atomic E-state index is 13.2. The summed E-state index contributed by atoms with van der Waals surface area (Å²) in [7, 11) is 0. The highest BCUT2D eigenvalue weighted by atomic mass is 19.1. The van der Waals surface area contributed by atoms with Gasteiger partial charge in [-0.25, -0.2) is 8.78 Å². The molecule has 0 bridgehead atoms. The third-order valence-corrected chi connectivity index (χ3v) is 2.65. The van der Waals surface area contributed by atoms with Gasteiger partial charge in [0, 0.05) is 6.07 Å². The van der Waals surface area contributed by atoms with E-state index in [2.05, 4.69) is 6.07 Å². The number of halogens is 2. The second kappa shape index (κ2) is 6.34. The zero-order valence-electron chi connectivity index (χ0n) is 10.7. The van der Waals surface area contributed by atoms with E-state index in [1.807, 2.05) is 13.8 Å². The van der Waals surface area contributed by atoms with E-state index in [1.54, 1.807) is 0 Å². The molecule has 98 valence electrons. The molecule has 0 unspecified atom stereocenters. The lowest BCUT2D eigenvalue weighted by Crippen LogP contribution is -2.08. The van der Waals surface area contributed by atoms with Crippen molar-refractivity contribution in [1.82, 2.24) is 0 Å². The van der Waals surface area contributed by atoms with Gasteiger partial charge < -0.3 is 4.74 Å². The number of rotatable bonds is 6. The van der Waals surface area contributed by atoms with Crippen molar-refractivity contribution in [3.05, 3.63) is 29.8 Å². The van der Waals surface area contributed by atoms with E-state index < -0.39 is 11.6 Å². The van der Waals surface area contributed by atoms with E-state index in [9.17, 15) is 8.78 Å². The Labute approximate surface area is 106 Å². The minimum absolute atomic E-state index is 0.0606. The van der Waals surface area contributed by atoms with Crippen LogP contribution in [0, 0.1) is 28.4 Å². The SMILES string of the molecule is CC(C)(C#N)CCCCOc1cc(F)ccc1F. The first-order chi connectivity index (χ1) is 8.44. The van der Waals surface area contributed by atoms with Crippen LogP contribution in [0.2, 0.25) is 0 Å². The van der Waals surface area contributed by atoms with Gasteiger partial charge >= 0.3 is 0 Å². The summed E-state index contributed by atoms with van der Waals surface area (Å²) < 4.78 is 31.2.